The minimum atomic E-state index is -0.375. The van der Waals surface area contributed by atoms with Crippen molar-refractivity contribution >= 4 is 45.0 Å². The van der Waals surface area contributed by atoms with Crippen LogP contribution in [0.2, 0.25) is 5.02 Å². The summed E-state index contributed by atoms with van der Waals surface area (Å²) in [7, 11) is 3.31. The van der Waals surface area contributed by atoms with E-state index in [-0.39, 0.29) is 24.2 Å². The molecule has 1 saturated heterocycles. The maximum atomic E-state index is 12.9. The lowest BCUT2D eigenvalue weighted by atomic mass is 10.1. The van der Waals surface area contributed by atoms with Crippen molar-refractivity contribution in [2.24, 2.45) is 5.92 Å². The molecule has 2 aromatic carbocycles. The molecular weight excluding hydrogens is 432 g/mol. The van der Waals surface area contributed by atoms with Crippen LogP contribution in [0.1, 0.15) is 12.0 Å². The van der Waals surface area contributed by atoms with Gasteiger partial charge >= 0.3 is 0 Å². The second-order valence-electron chi connectivity index (χ2n) is 6.51. The Hall–Kier alpha value is -2.05. The van der Waals surface area contributed by atoms with E-state index in [1.807, 2.05) is 24.3 Å². The average molecular weight is 452 g/mol. The van der Waals surface area contributed by atoms with E-state index in [0.717, 1.165) is 15.7 Å². The Balaban J connectivity index is 1.72. The lowest BCUT2D eigenvalue weighted by molar-refractivity contribution is -0.135. The highest BCUT2D eigenvalue weighted by molar-refractivity contribution is 9.10. The number of rotatable bonds is 5. The first-order chi connectivity index (χ1) is 12.9. The summed E-state index contributed by atoms with van der Waals surface area (Å²) >= 11 is 9.54. The summed E-state index contributed by atoms with van der Waals surface area (Å²) in [5.74, 6) is 0.185. The summed E-state index contributed by atoms with van der Waals surface area (Å²) in [4.78, 5) is 28.7. The van der Waals surface area contributed by atoms with Crippen LogP contribution >= 0.6 is 27.5 Å². The predicted octanol–water partition coefficient (Wildman–Crippen LogP) is 4.12. The van der Waals surface area contributed by atoms with Crippen LogP contribution in [-0.4, -0.2) is 37.4 Å². The largest absolute Gasteiger partial charge is 0.496 e. The van der Waals surface area contributed by atoms with Gasteiger partial charge in [-0.25, -0.2) is 0 Å². The molecule has 2 aromatic rings. The highest BCUT2D eigenvalue weighted by Gasteiger charge is 2.37. The topological polar surface area (TPSA) is 49.9 Å². The molecule has 1 heterocycles. The lowest BCUT2D eigenvalue weighted by Gasteiger charge is -2.23. The summed E-state index contributed by atoms with van der Waals surface area (Å²) in [5, 5.41) is 0.586. The number of anilines is 1. The van der Waals surface area contributed by atoms with Crippen LogP contribution in [0.15, 0.2) is 46.9 Å². The summed E-state index contributed by atoms with van der Waals surface area (Å²) in [6, 6.07) is 12.8. The maximum absolute atomic E-state index is 12.9. The molecular formula is C20H20BrClN2O3. The van der Waals surface area contributed by atoms with E-state index >= 15 is 0 Å². The molecule has 0 bridgehead atoms. The van der Waals surface area contributed by atoms with E-state index in [1.165, 1.54) is 0 Å². The Morgan fingerprint density at radius 3 is 2.78 bits per heavy atom. The van der Waals surface area contributed by atoms with Crippen molar-refractivity contribution in [2.45, 2.75) is 13.0 Å². The Morgan fingerprint density at radius 2 is 2.07 bits per heavy atom. The molecule has 7 heteroatoms. The molecule has 1 fully saturated rings. The Morgan fingerprint density at radius 1 is 1.33 bits per heavy atom. The number of hydrogen-bond acceptors (Lipinski definition) is 3. The number of nitrogens with zero attached hydrogens (tertiary/aromatic N) is 2. The van der Waals surface area contributed by atoms with Crippen molar-refractivity contribution in [1.29, 1.82) is 0 Å². The highest BCUT2D eigenvalue weighted by Crippen LogP contribution is 2.32. The first-order valence-corrected chi connectivity index (χ1v) is 9.70. The molecule has 0 aromatic heterocycles. The van der Waals surface area contributed by atoms with Crippen LogP contribution in [0.5, 0.6) is 5.75 Å². The second kappa shape index (κ2) is 8.31. The van der Waals surface area contributed by atoms with Gasteiger partial charge < -0.3 is 14.5 Å². The maximum Gasteiger partial charge on any atom is 0.228 e. The first kappa shape index (κ1) is 19.7. The molecule has 0 radical (unpaired) electrons. The zero-order valence-electron chi connectivity index (χ0n) is 15.1. The number of halogens is 2. The van der Waals surface area contributed by atoms with Crippen molar-refractivity contribution in [3.8, 4) is 5.75 Å². The molecule has 1 unspecified atom stereocenters. The van der Waals surface area contributed by atoms with E-state index < -0.39 is 0 Å². The number of hydrogen-bond donors (Lipinski definition) is 0. The summed E-state index contributed by atoms with van der Waals surface area (Å²) in [5.41, 5.74) is 1.62. The van der Waals surface area contributed by atoms with E-state index in [9.17, 15) is 9.59 Å². The van der Waals surface area contributed by atoms with Gasteiger partial charge in [-0.05, 0) is 46.3 Å². The SMILES string of the molecule is COc1ccc(Cl)cc1CN(C)C(=O)C1CC(=O)N(c2ccccc2Br)C1. The fraction of sp³-hybridized carbons (Fsp3) is 0.300. The summed E-state index contributed by atoms with van der Waals surface area (Å²) in [6.45, 7) is 0.736. The van der Waals surface area contributed by atoms with Gasteiger partial charge in [0.15, 0.2) is 0 Å². The van der Waals surface area contributed by atoms with Crippen LogP contribution in [-0.2, 0) is 16.1 Å². The third-order valence-corrected chi connectivity index (χ3v) is 5.55. The third-order valence-electron chi connectivity index (χ3n) is 4.64. The van der Waals surface area contributed by atoms with E-state index in [0.29, 0.717) is 23.9 Å². The lowest BCUT2D eigenvalue weighted by Crippen LogP contribution is -2.34. The minimum Gasteiger partial charge on any atom is -0.496 e. The fourth-order valence-corrected chi connectivity index (χ4v) is 3.99. The van der Waals surface area contributed by atoms with Gasteiger partial charge in [0, 0.05) is 41.6 Å². The van der Waals surface area contributed by atoms with Gasteiger partial charge in [-0.2, -0.15) is 0 Å². The molecule has 0 N–H and O–H groups in total. The fourth-order valence-electron chi connectivity index (χ4n) is 3.29. The number of carbonyl (C=O) groups excluding carboxylic acids is 2. The van der Waals surface area contributed by atoms with Crippen molar-refractivity contribution in [3.05, 3.63) is 57.5 Å². The van der Waals surface area contributed by atoms with Crippen molar-refractivity contribution in [1.82, 2.24) is 4.90 Å². The van der Waals surface area contributed by atoms with Crippen LogP contribution in [0, 0.1) is 5.92 Å². The van der Waals surface area contributed by atoms with Crippen molar-refractivity contribution in [2.75, 3.05) is 25.6 Å². The predicted molar refractivity (Wildman–Crippen MR) is 109 cm³/mol. The Labute approximate surface area is 172 Å². The minimum absolute atomic E-state index is 0.0472. The van der Waals surface area contributed by atoms with Crippen molar-refractivity contribution < 1.29 is 14.3 Å². The zero-order valence-corrected chi connectivity index (χ0v) is 17.5. The quantitative estimate of drug-likeness (QED) is 0.687. The molecule has 142 valence electrons. The molecule has 3 rings (SSSR count). The number of methoxy groups -OCH3 is 1. The Kier molecular flexibility index (Phi) is 6.07. The van der Waals surface area contributed by atoms with E-state index in [2.05, 4.69) is 15.9 Å². The van der Waals surface area contributed by atoms with Gasteiger partial charge in [0.1, 0.15) is 5.75 Å². The number of amides is 2. The second-order valence-corrected chi connectivity index (χ2v) is 7.80. The zero-order chi connectivity index (χ0) is 19.6. The molecule has 1 aliphatic heterocycles. The molecule has 1 aliphatic rings. The number of carbonyl (C=O) groups is 2. The number of para-hydroxylation sites is 1. The standard InChI is InChI=1S/C20H20BrClN2O3/c1-23(11-13-9-15(22)7-8-18(13)27-2)20(26)14-10-19(25)24(12-14)17-6-4-3-5-16(17)21/h3-9,14H,10-12H2,1-2H3. The molecule has 0 saturated carbocycles. The van der Waals surface area contributed by atoms with Gasteiger partial charge in [0.05, 0.1) is 18.7 Å². The van der Waals surface area contributed by atoms with Crippen LogP contribution in [0.25, 0.3) is 0 Å². The molecule has 2 amide bonds. The van der Waals surface area contributed by atoms with Gasteiger partial charge in [-0.3, -0.25) is 9.59 Å². The molecule has 0 spiro atoms. The molecule has 5 nitrogen and oxygen atoms in total. The third kappa shape index (κ3) is 4.28. The van der Waals surface area contributed by atoms with Crippen molar-refractivity contribution in [3.63, 3.8) is 0 Å². The van der Waals surface area contributed by atoms with Crippen LogP contribution in [0.4, 0.5) is 5.69 Å². The molecule has 1 atom stereocenters. The number of ether oxygens (including phenoxy) is 1. The van der Waals surface area contributed by atoms with Crippen LogP contribution in [0.3, 0.4) is 0 Å². The Bertz CT molecular complexity index is 874. The summed E-state index contributed by atoms with van der Waals surface area (Å²) in [6.07, 6.45) is 0.206. The van der Waals surface area contributed by atoms with E-state index in [4.69, 9.17) is 16.3 Å². The van der Waals surface area contributed by atoms with Gasteiger partial charge in [0.2, 0.25) is 11.8 Å². The van der Waals surface area contributed by atoms with E-state index in [1.54, 1.807) is 42.2 Å². The van der Waals surface area contributed by atoms with Crippen LogP contribution < -0.4 is 9.64 Å². The normalized spacial score (nSPS) is 16.5. The van der Waals surface area contributed by atoms with Gasteiger partial charge in [0.25, 0.3) is 0 Å². The molecule has 27 heavy (non-hydrogen) atoms. The highest BCUT2D eigenvalue weighted by atomic mass is 79.9. The first-order valence-electron chi connectivity index (χ1n) is 8.53. The summed E-state index contributed by atoms with van der Waals surface area (Å²) < 4.78 is 6.18. The monoisotopic (exact) mass is 450 g/mol. The smallest absolute Gasteiger partial charge is 0.228 e. The average Bonchev–Trinajstić information content (AvgIpc) is 3.03. The van der Waals surface area contributed by atoms with Gasteiger partial charge in [-0.1, -0.05) is 23.7 Å². The molecule has 0 aliphatic carbocycles. The van der Waals surface area contributed by atoms with Gasteiger partial charge in [-0.15, -0.1) is 0 Å². The number of benzene rings is 2.